The van der Waals surface area contributed by atoms with E-state index in [2.05, 4.69) is 5.32 Å². The first-order valence-electron chi connectivity index (χ1n) is 9.82. The molecule has 0 aliphatic heterocycles. The molecule has 0 saturated carbocycles. The average molecular weight is 495 g/mol. The summed E-state index contributed by atoms with van der Waals surface area (Å²) in [5, 5.41) is 9.48. The van der Waals surface area contributed by atoms with Crippen LogP contribution in [0, 0.1) is 0 Å². The number of benzene rings is 3. The van der Waals surface area contributed by atoms with Crippen molar-refractivity contribution < 1.29 is 17.9 Å². The second kappa shape index (κ2) is 11.0. The van der Waals surface area contributed by atoms with Crippen molar-refractivity contribution in [3.8, 4) is 11.5 Å². The van der Waals surface area contributed by atoms with Crippen LogP contribution in [0.5, 0.6) is 11.5 Å². The van der Waals surface area contributed by atoms with Gasteiger partial charge in [-0.25, -0.2) is 13.6 Å². The second-order valence-corrected chi connectivity index (χ2v) is 9.51. The first-order chi connectivity index (χ1) is 15.3. The highest BCUT2D eigenvalue weighted by Crippen LogP contribution is 2.30. The van der Waals surface area contributed by atoms with Crippen molar-refractivity contribution in [2.75, 3.05) is 13.7 Å². The van der Waals surface area contributed by atoms with Gasteiger partial charge in [-0.3, -0.25) is 0 Å². The van der Waals surface area contributed by atoms with Gasteiger partial charge in [0.1, 0.15) is 6.61 Å². The molecule has 6 nitrogen and oxygen atoms in total. The van der Waals surface area contributed by atoms with E-state index >= 15 is 0 Å². The van der Waals surface area contributed by atoms with Crippen LogP contribution >= 0.6 is 23.2 Å². The van der Waals surface area contributed by atoms with Crippen LogP contribution in [0.3, 0.4) is 0 Å². The van der Waals surface area contributed by atoms with Crippen LogP contribution in [0.4, 0.5) is 0 Å². The molecule has 0 unspecified atom stereocenters. The molecule has 0 saturated heterocycles. The van der Waals surface area contributed by atoms with Crippen LogP contribution in [0.2, 0.25) is 10.0 Å². The minimum absolute atomic E-state index is 0.114. The third-order valence-corrected chi connectivity index (χ3v) is 6.45. The van der Waals surface area contributed by atoms with Gasteiger partial charge in [0.15, 0.2) is 11.5 Å². The lowest BCUT2D eigenvalue weighted by Gasteiger charge is -2.13. The van der Waals surface area contributed by atoms with Gasteiger partial charge in [0, 0.05) is 6.54 Å². The minimum Gasteiger partial charge on any atom is -0.493 e. The summed E-state index contributed by atoms with van der Waals surface area (Å²) in [6, 6.07) is 17.7. The van der Waals surface area contributed by atoms with E-state index in [4.69, 9.17) is 37.8 Å². The Labute approximate surface area is 198 Å². The highest BCUT2D eigenvalue weighted by molar-refractivity contribution is 7.89. The molecule has 9 heteroatoms. The Bertz CT molecular complexity index is 1170. The topological polar surface area (TPSA) is 90.6 Å². The van der Waals surface area contributed by atoms with Gasteiger partial charge in [0.2, 0.25) is 10.0 Å². The number of hydrogen-bond donors (Lipinski definition) is 2. The third-order valence-electron chi connectivity index (χ3n) is 4.78. The highest BCUT2D eigenvalue weighted by atomic mass is 35.5. The number of sulfonamides is 1. The van der Waals surface area contributed by atoms with Gasteiger partial charge in [0.25, 0.3) is 0 Å². The first kappa shape index (κ1) is 24.4. The van der Waals surface area contributed by atoms with Crippen molar-refractivity contribution in [3.05, 3.63) is 87.4 Å². The highest BCUT2D eigenvalue weighted by Gasteiger charge is 2.08. The summed E-state index contributed by atoms with van der Waals surface area (Å²) in [4.78, 5) is 0.114. The predicted octanol–water partition coefficient (Wildman–Crippen LogP) is 4.56. The molecule has 0 spiro atoms. The van der Waals surface area contributed by atoms with Gasteiger partial charge in [-0.05, 0) is 66.1 Å². The van der Waals surface area contributed by atoms with Crippen LogP contribution in [-0.4, -0.2) is 22.1 Å². The van der Waals surface area contributed by atoms with Crippen molar-refractivity contribution in [3.63, 3.8) is 0 Å². The van der Waals surface area contributed by atoms with Crippen LogP contribution < -0.4 is 19.9 Å². The van der Waals surface area contributed by atoms with Gasteiger partial charge >= 0.3 is 0 Å². The molecule has 170 valence electrons. The SMILES string of the molecule is COc1cc(CNCCc2ccc(S(N)(=O)=O)cc2)ccc1OCc1ccc(Cl)c(Cl)c1. The Morgan fingerprint density at radius 3 is 2.22 bits per heavy atom. The van der Waals surface area contributed by atoms with Crippen molar-refractivity contribution in [1.82, 2.24) is 5.32 Å². The Morgan fingerprint density at radius 1 is 0.875 bits per heavy atom. The first-order valence-corrected chi connectivity index (χ1v) is 12.1. The van der Waals surface area contributed by atoms with E-state index in [0.29, 0.717) is 34.7 Å². The standard InChI is InChI=1S/C23H24Cl2N2O4S/c1-30-23-13-17(5-9-22(23)31-15-18-4-8-20(24)21(25)12-18)14-27-11-10-16-2-6-19(7-3-16)32(26,28)29/h2-9,12-13,27H,10-11,14-15H2,1H3,(H2,26,28,29). The fourth-order valence-electron chi connectivity index (χ4n) is 3.04. The maximum Gasteiger partial charge on any atom is 0.238 e. The van der Waals surface area contributed by atoms with Crippen molar-refractivity contribution in [2.45, 2.75) is 24.5 Å². The molecule has 32 heavy (non-hydrogen) atoms. The van der Waals surface area contributed by atoms with Gasteiger partial charge in [-0.15, -0.1) is 0 Å². The summed E-state index contributed by atoms with van der Waals surface area (Å²) in [5.74, 6) is 1.28. The molecule has 0 aliphatic carbocycles. The number of ether oxygens (including phenoxy) is 2. The molecule has 0 aliphatic rings. The van der Waals surface area contributed by atoms with Crippen LogP contribution in [-0.2, 0) is 29.6 Å². The zero-order valence-electron chi connectivity index (χ0n) is 17.5. The smallest absolute Gasteiger partial charge is 0.238 e. The average Bonchev–Trinajstić information content (AvgIpc) is 2.77. The quantitative estimate of drug-likeness (QED) is 0.403. The molecule has 0 heterocycles. The number of nitrogens with two attached hydrogens (primary N) is 1. The van der Waals surface area contributed by atoms with E-state index in [1.54, 1.807) is 31.4 Å². The predicted molar refractivity (Wildman–Crippen MR) is 127 cm³/mol. The fourth-order valence-corrected chi connectivity index (χ4v) is 3.88. The lowest BCUT2D eigenvalue weighted by molar-refractivity contribution is 0.284. The zero-order chi connectivity index (χ0) is 23.1. The summed E-state index contributed by atoms with van der Waals surface area (Å²) in [6.07, 6.45) is 0.757. The third kappa shape index (κ3) is 6.85. The molecule has 3 N–H and O–H groups in total. The number of nitrogens with one attached hydrogen (secondary N) is 1. The Morgan fingerprint density at radius 2 is 1.56 bits per heavy atom. The van der Waals surface area contributed by atoms with Crippen molar-refractivity contribution in [1.29, 1.82) is 0 Å². The Kier molecular flexibility index (Phi) is 8.39. The molecule has 0 amide bonds. The fraction of sp³-hybridized carbons (Fsp3) is 0.217. The van der Waals surface area contributed by atoms with Gasteiger partial charge in [-0.1, -0.05) is 47.5 Å². The second-order valence-electron chi connectivity index (χ2n) is 7.14. The molecular formula is C23H24Cl2N2O4S. The normalized spacial score (nSPS) is 11.4. The van der Waals surface area contributed by atoms with Crippen molar-refractivity contribution in [2.24, 2.45) is 5.14 Å². The van der Waals surface area contributed by atoms with Gasteiger partial charge < -0.3 is 14.8 Å². The van der Waals surface area contributed by atoms with Crippen molar-refractivity contribution >= 4 is 33.2 Å². The van der Waals surface area contributed by atoms with E-state index < -0.39 is 10.0 Å². The summed E-state index contributed by atoms with van der Waals surface area (Å²) >= 11 is 12.0. The molecule has 0 atom stereocenters. The maximum atomic E-state index is 11.3. The summed E-state index contributed by atoms with van der Waals surface area (Å²) in [5.41, 5.74) is 2.98. The number of primary sulfonamides is 1. The number of halogens is 2. The number of methoxy groups -OCH3 is 1. The Balaban J connectivity index is 1.51. The van der Waals surface area contributed by atoms with Crippen LogP contribution in [0.15, 0.2) is 65.6 Å². The molecule has 3 rings (SSSR count). The van der Waals surface area contributed by atoms with E-state index in [-0.39, 0.29) is 4.90 Å². The zero-order valence-corrected chi connectivity index (χ0v) is 19.8. The van der Waals surface area contributed by atoms with Gasteiger partial charge in [0.05, 0.1) is 22.1 Å². The maximum absolute atomic E-state index is 11.3. The molecule has 3 aromatic rings. The molecule has 0 bridgehead atoms. The monoisotopic (exact) mass is 494 g/mol. The largest absolute Gasteiger partial charge is 0.493 e. The molecular weight excluding hydrogens is 471 g/mol. The van der Waals surface area contributed by atoms with Gasteiger partial charge in [-0.2, -0.15) is 0 Å². The van der Waals surface area contributed by atoms with Crippen LogP contribution in [0.1, 0.15) is 16.7 Å². The van der Waals surface area contributed by atoms with E-state index in [9.17, 15) is 8.42 Å². The summed E-state index contributed by atoms with van der Waals surface area (Å²) < 4.78 is 34.0. The minimum atomic E-state index is -3.66. The molecule has 3 aromatic carbocycles. The molecule has 0 radical (unpaired) electrons. The lowest BCUT2D eigenvalue weighted by Crippen LogP contribution is -2.17. The van der Waals surface area contributed by atoms with E-state index in [0.717, 1.165) is 29.7 Å². The number of rotatable bonds is 10. The molecule has 0 aromatic heterocycles. The van der Waals surface area contributed by atoms with E-state index in [1.807, 2.05) is 24.3 Å². The number of hydrogen-bond acceptors (Lipinski definition) is 5. The van der Waals surface area contributed by atoms with E-state index in [1.165, 1.54) is 12.1 Å². The lowest BCUT2D eigenvalue weighted by atomic mass is 10.1. The Hall–Kier alpha value is -2.29. The molecule has 0 fully saturated rings. The summed E-state index contributed by atoms with van der Waals surface area (Å²) in [6.45, 7) is 1.72. The van der Waals surface area contributed by atoms with Crippen LogP contribution in [0.25, 0.3) is 0 Å². The summed E-state index contributed by atoms with van der Waals surface area (Å²) in [7, 11) is -2.06.